The number of rotatable bonds is 8. The van der Waals surface area contributed by atoms with Crippen molar-refractivity contribution in [3.63, 3.8) is 0 Å². The van der Waals surface area contributed by atoms with E-state index in [2.05, 4.69) is 10.2 Å². The first-order valence-corrected chi connectivity index (χ1v) is 7.92. The van der Waals surface area contributed by atoms with Crippen LogP contribution in [0.3, 0.4) is 0 Å². The number of hydrogen-bond acceptors (Lipinski definition) is 3. The van der Waals surface area contributed by atoms with Crippen molar-refractivity contribution in [3.05, 3.63) is 35.4 Å². The average molecular weight is 290 g/mol. The third-order valence-corrected chi connectivity index (χ3v) is 4.19. The van der Waals surface area contributed by atoms with Crippen LogP contribution in [0.1, 0.15) is 42.9 Å². The molecule has 0 spiro atoms. The minimum atomic E-state index is -0.802. The number of unbranched alkanes of at least 4 members (excludes halogenated alkanes) is 1. The zero-order valence-electron chi connectivity index (χ0n) is 12.8. The van der Waals surface area contributed by atoms with E-state index in [0.717, 1.165) is 37.1 Å². The van der Waals surface area contributed by atoms with E-state index in [0.29, 0.717) is 0 Å². The zero-order chi connectivity index (χ0) is 15.1. The molecule has 0 saturated carbocycles. The second-order valence-electron chi connectivity index (χ2n) is 5.84. The number of aryl methyl sites for hydroxylation is 1. The lowest BCUT2D eigenvalue weighted by molar-refractivity contribution is -0.139. The third-order valence-electron chi connectivity index (χ3n) is 4.19. The van der Waals surface area contributed by atoms with Crippen molar-refractivity contribution in [2.24, 2.45) is 0 Å². The molecule has 0 aliphatic carbocycles. The van der Waals surface area contributed by atoms with E-state index in [1.54, 1.807) is 0 Å². The average Bonchev–Trinajstić information content (AvgIpc) is 2.97. The lowest BCUT2D eigenvalue weighted by atomic mass is 10.0. The molecular formula is C17H26N2O2. The molecule has 1 unspecified atom stereocenters. The summed E-state index contributed by atoms with van der Waals surface area (Å²) in [6.45, 7) is 6.31. The zero-order valence-corrected chi connectivity index (χ0v) is 12.8. The number of benzene rings is 1. The minimum absolute atomic E-state index is 0.599. The standard InChI is InChI=1S/C17H26N2O2/c1-14-8-2-3-9-15(14)16(17(20)21)18-10-4-5-11-19-12-6-7-13-19/h2-3,8-9,16,18H,4-7,10-13H2,1H3,(H,20,21). The maximum absolute atomic E-state index is 11.5. The Hall–Kier alpha value is -1.39. The SMILES string of the molecule is Cc1ccccc1C(NCCCCN1CCCC1)C(=O)O. The molecule has 1 heterocycles. The summed E-state index contributed by atoms with van der Waals surface area (Å²) in [5.41, 5.74) is 1.89. The Labute approximate surface area is 127 Å². The molecule has 1 aliphatic heterocycles. The quantitative estimate of drug-likeness (QED) is 0.723. The smallest absolute Gasteiger partial charge is 0.325 e. The van der Waals surface area contributed by atoms with Crippen LogP contribution in [-0.2, 0) is 4.79 Å². The highest BCUT2D eigenvalue weighted by Crippen LogP contribution is 2.17. The molecule has 1 fully saturated rings. The second-order valence-corrected chi connectivity index (χ2v) is 5.84. The third kappa shape index (κ3) is 4.83. The van der Waals surface area contributed by atoms with Crippen LogP contribution in [0.2, 0.25) is 0 Å². The van der Waals surface area contributed by atoms with Gasteiger partial charge in [0.25, 0.3) is 0 Å². The number of carbonyl (C=O) groups is 1. The molecule has 0 amide bonds. The lowest BCUT2D eigenvalue weighted by Gasteiger charge is -2.18. The van der Waals surface area contributed by atoms with Gasteiger partial charge in [0, 0.05) is 0 Å². The van der Waals surface area contributed by atoms with Gasteiger partial charge < -0.3 is 15.3 Å². The summed E-state index contributed by atoms with van der Waals surface area (Å²) in [5.74, 6) is -0.802. The molecule has 1 atom stereocenters. The van der Waals surface area contributed by atoms with E-state index in [1.807, 2.05) is 31.2 Å². The van der Waals surface area contributed by atoms with Crippen LogP contribution in [0.15, 0.2) is 24.3 Å². The highest BCUT2D eigenvalue weighted by Gasteiger charge is 2.20. The Balaban J connectivity index is 1.75. The highest BCUT2D eigenvalue weighted by atomic mass is 16.4. The minimum Gasteiger partial charge on any atom is -0.480 e. The summed E-state index contributed by atoms with van der Waals surface area (Å²) >= 11 is 0. The fraction of sp³-hybridized carbons (Fsp3) is 0.588. The molecule has 0 aromatic heterocycles. The van der Waals surface area contributed by atoms with Crippen LogP contribution in [0.5, 0.6) is 0 Å². The first-order chi connectivity index (χ1) is 10.2. The van der Waals surface area contributed by atoms with E-state index < -0.39 is 12.0 Å². The van der Waals surface area contributed by atoms with Crippen molar-refractivity contribution in [3.8, 4) is 0 Å². The first-order valence-electron chi connectivity index (χ1n) is 7.92. The number of nitrogens with one attached hydrogen (secondary N) is 1. The number of carboxylic acids is 1. The Morgan fingerprint density at radius 1 is 1.29 bits per heavy atom. The summed E-state index contributed by atoms with van der Waals surface area (Å²) in [5, 5.41) is 12.6. The second kappa shape index (κ2) is 8.15. The number of hydrogen-bond donors (Lipinski definition) is 2. The number of likely N-dealkylation sites (tertiary alicyclic amines) is 1. The molecule has 116 valence electrons. The summed E-state index contributed by atoms with van der Waals surface area (Å²) in [7, 11) is 0. The largest absolute Gasteiger partial charge is 0.480 e. The normalized spacial score (nSPS) is 17.0. The molecule has 2 rings (SSSR count). The fourth-order valence-corrected chi connectivity index (χ4v) is 2.95. The van der Waals surface area contributed by atoms with Crippen molar-refractivity contribution in [1.82, 2.24) is 10.2 Å². The van der Waals surface area contributed by atoms with E-state index >= 15 is 0 Å². The highest BCUT2D eigenvalue weighted by molar-refractivity contribution is 5.76. The molecule has 0 radical (unpaired) electrons. The van der Waals surface area contributed by atoms with E-state index in [4.69, 9.17) is 0 Å². The van der Waals surface area contributed by atoms with Gasteiger partial charge in [-0.2, -0.15) is 0 Å². The topological polar surface area (TPSA) is 52.6 Å². The number of carboxylic acid groups (broad SMARTS) is 1. The summed E-state index contributed by atoms with van der Waals surface area (Å²) in [6.07, 6.45) is 4.80. The van der Waals surface area contributed by atoms with Gasteiger partial charge in [0.15, 0.2) is 0 Å². The molecular weight excluding hydrogens is 264 g/mol. The lowest BCUT2D eigenvalue weighted by Crippen LogP contribution is -2.30. The van der Waals surface area contributed by atoms with Crippen LogP contribution in [0, 0.1) is 6.92 Å². The number of aliphatic carboxylic acids is 1. The Morgan fingerprint density at radius 2 is 2.00 bits per heavy atom. The van der Waals surface area contributed by atoms with Gasteiger partial charge in [0.2, 0.25) is 0 Å². The van der Waals surface area contributed by atoms with Crippen molar-refractivity contribution < 1.29 is 9.90 Å². The molecule has 0 bridgehead atoms. The molecule has 4 nitrogen and oxygen atoms in total. The number of nitrogens with zero attached hydrogens (tertiary/aromatic N) is 1. The monoisotopic (exact) mass is 290 g/mol. The molecule has 4 heteroatoms. The molecule has 1 aliphatic rings. The summed E-state index contributed by atoms with van der Waals surface area (Å²) < 4.78 is 0. The predicted octanol–water partition coefficient (Wildman–Crippen LogP) is 2.59. The molecule has 1 saturated heterocycles. The van der Waals surface area contributed by atoms with Crippen molar-refractivity contribution in [2.45, 2.75) is 38.6 Å². The first kappa shape index (κ1) is 16.0. The Morgan fingerprint density at radius 3 is 2.67 bits per heavy atom. The van der Waals surface area contributed by atoms with Gasteiger partial charge in [-0.15, -0.1) is 0 Å². The van der Waals surface area contributed by atoms with Gasteiger partial charge in [-0.05, 0) is 69.9 Å². The van der Waals surface area contributed by atoms with E-state index in [9.17, 15) is 9.90 Å². The van der Waals surface area contributed by atoms with Crippen LogP contribution < -0.4 is 5.32 Å². The predicted molar refractivity (Wildman–Crippen MR) is 84.5 cm³/mol. The van der Waals surface area contributed by atoms with Gasteiger partial charge in [0.05, 0.1) is 0 Å². The fourth-order valence-electron chi connectivity index (χ4n) is 2.95. The van der Waals surface area contributed by atoms with Crippen LogP contribution >= 0.6 is 0 Å². The van der Waals surface area contributed by atoms with Crippen molar-refractivity contribution in [2.75, 3.05) is 26.2 Å². The van der Waals surface area contributed by atoms with Gasteiger partial charge >= 0.3 is 5.97 Å². The molecule has 1 aromatic rings. The van der Waals surface area contributed by atoms with Crippen molar-refractivity contribution >= 4 is 5.97 Å². The van der Waals surface area contributed by atoms with E-state index in [-0.39, 0.29) is 0 Å². The van der Waals surface area contributed by atoms with E-state index in [1.165, 1.54) is 25.9 Å². The van der Waals surface area contributed by atoms with Crippen LogP contribution in [0.25, 0.3) is 0 Å². The summed E-state index contributed by atoms with van der Waals surface area (Å²) in [6, 6.07) is 7.09. The maximum Gasteiger partial charge on any atom is 0.325 e. The molecule has 21 heavy (non-hydrogen) atoms. The van der Waals surface area contributed by atoms with Gasteiger partial charge in [-0.3, -0.25) is 4.79 Å². The Bertz CT molecular complexity index is 456. The molecule has 2 N–H and O–H groups in total. The van der Waals surface area contributed by atoms with Gasteiger partial charge in [-0.25, -0.2) is 0 Å². The Kier molecular flexibility index (Phi) is 6.21. The maximum atomic E-state index is 11.5. The van der Waals surface area contributed by atoms with Crippen molar-refractivity contribution in [1.29, 1.82) is 0 Å². The van der Waals surface area contributed by atoms with Crippen LogP contribution in [0.4, 0.5) is 0 Å². The van der Waals surface area contributed by atoms with Gasteiger partial charge in [-0.1, -0.05) is 24.3 Å². The van der Waals surface area contributed by atoms with Gasteiger partial charge in [0.1, 0.15) is 6.04 Å². The van der Waals surface area contributed by atoms with Crippen LogP contribution in [-0.4, -0.2) is 42.2 Å². The molecule has 1 aromatic carbocycles. The summed E-state index contributed by atoms with van der Waals surface area (Å²) in [4.78, 5) is 14.0.